The quantitative estimate of drug-likeness (QED) is 0.497. The van der Waals surface area contributed by atoms with Crippen LogP contribution in [-0.2, 0) is 0 Å². The Hall–Kier alpha value is -3.11. The SMILES string of the molecule is Nc1ncc(C#CCCNC(=O)c2nc3ncccc3[nH]2)cc1Cl. The summed E-state index contributed by atoms with van der Waals surface area (Å²) in [4.78, 5) is 27.0. The van der Waals surface area contributed by atoms with E-state index >= 15 is 0 Å². The van der Waals surface area contributed by atoms with Crippen molar-refractivity contribution in [2.75, 3.05) is 12.3 Å². The van der Waals surface area contributed by atoms with Crippen molar-refractivity contribution >= 4 is 34.5 Å². The number of carbonyl (C=O) groups is 1. The minimum Gasteiger partial charge on any atom is -0.382 e. The summed E-state index contributed by atoms with van der Waals surface area (Å²) in [5.74, 6) is 6.05. The maximum Gasteiger partial charge on any atom is 0.287 e. The van der Waals surface area contributed by atoms with E-state index in [9.17, 15) is 4.79 Å². The predicted molar refractivity (Wildman–Crippen MR) is 91.4 cm³/mol. The highest BCUT2D eigenvalue weighted by Gasteiger charge is 2.10. The highest BCUT2D eigenvalue weighted by molar-refractivity contribution is 6.32. The summed E-state index contributed by atoms with van der Waals surface area (Å²) in [6.45, 7) is 0.395. The Bertz CT molecular complexity index is 923. The van der Waals surface area contributed by atoms with E-state index in [2.05, 4.69) is 37.1 Å². The molecule has 3 aromatic heterocycles. The number of nitrogen functional groups attached to an aromatic ring is 1. The van der Waals surface area contributed by atoms with E-state index in [1.54, 1.807) is 24.5 Å². The number of pyridine rings is 2. The van der Waals surface area contributed by atoms with Crippen LogP contribution in [0.25, 0.3) is 11.2 Å². The molecule has 1 amide bonds. The zero-order chi connectivity index (χ0) is 16.9. The molecule has 0 aliphatic rings. The van der Waals surface area contributed by atoms with Crippen molar-refractivity contribution in [1.29, 1.82) is 0 Å². The number of halogens is 1. The second kappa shape index (κ2) is 6.98. The normalized spacial score (nSPS) is 10.2. The lowest BCUT2D eigenvalue weighted by Crippen LogP contribution is -2.25. The standard InChI is InChI=1S/C16H13ClN6O/c17-11-8-10(9-21-13(11)18)4-1-2-6-20-16(24)15-22-12-5-3-7-19-14(12)23-15/h3,5,7-9H,2,6H2,(H2,18,21)(H,20,24)(H,19,22,23). The molecular formula is C16H13ClN6O. The van der Waals surface area contributed by atoms with Crippen molar-refractivity contribution in [2.45, 2.75) is 6.42 Å². The first-order valence-electron chi connectivity index (χ1n) is 7.12. The van der Waals surface area contributed by atoms with Crippen molar-refractivity contribution in [1.82, 2.24) is 25.3 Å². The second-order valence-electron chi connectivity index (χ2n) is 4.86. The van der Waals surface area contributed by atoms with Gasteiger partial charge < -0.3 is 16.0 Å². The topological polar surface area (TPSA) is 110 Å². The molecule has 0 aliphatic heterocycles. The Balaban J connectivity index is 1.54. The lowest BCUT2D eigenvalue weighted by molar-refractivity contribution is 0.0945. The number of nitrogens with one attached hydrogen (secondary N) is 2. The van der Waals surface area contributed by atoms with Gasteiger partial charge in [0.2, 0.25) is 0 Å². The van der Waals surface area contributed by atoms with Crippen LogP contribution in [0, 0.1) is 11.8 Å². The van der Waals surface area contributed by atoms with Crippen LogP contribution in [0.2, 0.25) is 5.02 Å². The number of carbonyl (C=O) groups excluding carboxylic acids is 1. The van der Waals surface area contributed by atoms with Gasteiger partial charge in [0.25, 0.3) is 5.91 Å². The van der Waals surface area contributed by atoms with Crippen LogP contribution in [-0.4, -0.2) is 32.4 Å². The average Bonchev–Trinajstić information content (AvgIpc) is 3.02. The van der Waals surface area contributed by atoms with Crippen LogP contribution in [0.5, 0.6) is 0 Å². The third-order valence-electron chi connectivity index (χ3n) is 3.11. The van der Waals surface area contributed by atoms with Gasteiger partial charge in [-0.1, -0.05) is 23.4 Å². The highest BCUT2D eigenvalue weighted by Crippen LogP contribution is 2.15. The molecule has 0 atom stereocenters. The molecule has 0 bridgehead atoms. The predicted octanol–water partition coefficient (Wildman–Crippen LogP) is 1.76. The number of aromatic amines is 1. The van der Waals surface area contributed by atoms with Gasteiger partial charge in [-0.3, -0.25) is 4.79 Å². The smallest absolute Gasteiger partial charge is 0.287 e. The number of nitrogens with zero attached hydrogens (tertiary/aromatic N) is 3. The molecule has 4 N–H and O–H groups in total. The summed E-state index contributed by atoms with van der Waals surface area (Å²) >= 11 is 5.87. The van der Waals surface area contributed by atoms with Gasteiger partial charge in [-0.2, -0.15) is 0 Å². The molecule has 7 nitrogen and oxygen atoms in total. The number of hydrogen-bond donors (Lipinski definition) is 3. The largest absolute Gasteiger partial charge is 0.382 e. The zero-order valence-corrected chi connectivity index (χ0v) is 13.3. The number of amides is 1. The Kier molecular flexibility index (Phi) is 4.59. The molecule has 0 unspecified atom stereocenters. The van der Waals surface area contributed by atoms with Crippen LogP contribution >= 0.6 is 11.6 Å². The van der Waals surface area contributed by atoms with Crippen LogP contribution in [0.3, 0.4) is 0 Å². The molecule has 0 saturated carbocycles. The van der Waals surface area contributed by atoms with Crippen molar-refractivity contribution in [2.24, 2.45) is 0 Å². The highest BCUT2D eigenvalue weighted by atomic mass is 35.5. The molecule has 0 saturated heterocycles. The van der Waals surface area contributed by atoms with E-state index in [-0.39, 0.29) is 17.5 Å². The molecule has 0 radical (unpaired) electrons. The molecule has 0 aliphatic carbocycles. The van der Waals surface area contributed by atoms with E-state index < -0.39 is 0 Å². The summed E-state index contributed by atoms with van der Waals surface area (Å²) in [6.07, 6.45) is 3.65. The molecule has 0 aromatic carbocycles. The molecule has 8 heteroatoms. The fraction of sp³-hybridized carbons (Fsp3) is 0.125. The van der Waals surface area contributed by atoms with Crippen LogP contribution in [0.15, 0.2) is 30.6 Å². The monoisotopic (exact) mass is 340 g/mol. The lowest BCUT2D eigenvalue weighted by atomic mass is 10.2. The van der Waals surface area contributed by atoms with E-state index in [1.807, 2.05) is 6.07 Å². The van der Waals surface area contributed by atoms with Gasteiger partial charge in [0.15, 0.2) is 11.5 Å². The third-order valence-corrected chi connectivity index (χ3v) is 3.41. The van der Waals surface area contributed by atoms with Gasteiger partial charge in [-0.25, -0.2) is 15.0 Å². The molecule has 120 valence electrons. The van der Waals surface area contributed by atoms with Crippen LogP contribution in [0.4, 0.5) is 5.82 Å². The van der Waals surface area contributed by atoms with E-state index in [0.29, 0.717) is 29.2 Å². The van der Waals surface area contributed by atoms with Gasteiger partial charge in [-0.15, -0.1) is 0 Å². The van der Waals surface area contributed by atoms with Gasteiger partial charge in [0, 0.05) is 30.9 Å². The Morgan fingerprint density at radius 1 is 1.42 bits per heavy atom. The zero-order valence-electron chi connectivity index (χ0n) is 12.5. The Morgan fingerprint density at radius 2 is 2.29 bits per heavy atom. The Morgan fingerprint density at radius 3 is 3.08 bits per heavy atom. The number of hydrogen-bond acceptors (Lipinski definition) is 5. The second-order valence-corrected chi connectivity index (χ2v) is 5.27. The van der Waals surface area contributed by atoms with E-state index in [0.717, 1.165) is 5.52 Å². The third kappa shape index (κ3) is 3.62. The molecule has 24 heavy (non-hydrogen) atoms. The summed E-state index contributed by atoms with van der Waals surface area (Å²) in [5, 5.41) is 3.11. The molecule has 3 aromatic rings. The minimum atomic E-state index is -0.299. The maximum absolute atomic E-state index is 12.0. The molecule has 3 heterocycles. The number of imidazole rings is 1. The fourth-order valence-corrected chi connectivity index (χ4v) is 2.12. The number of fused-ring (bicyclic) bond motifs is 1. The number of nitrogens with two attached hydrogens (primary N) is 1. The van der Waals surface area contributed by atoms with Crippen molar-refractivity contribution in [3.05, 3.63) is 47.0 Å². The van der Waals surface area contributed by atoms with Crippen molar-refractivity contribution in [3.8, 4) is 11.8 Å². The van der Waals surface area contributed by atoms with Crippen molar-refractivity contribution in [3.63, 3.8) is 0 Å². The van der Waals surface area contributed by atoms with Gasteiger partial charge >= 0.3 is 0 Å². The van der Waals surface area contributed by atoms with E-state index in [1.165, 1.54) is 0 Å². The Labute approximate surface area is 142 Å². The van der Waals surface area contributed by atoms with Crippen LogP contribution in [0.1, 0.15) is 22.6 Å². The fourth-order valence-electron chi connectivity index (χ4n) is 1.96. The average molecular weight is 341 g/mol. The van der Waals surface area contributed by atoms with Gasteiger partial charge in [-0.05, 0) is 18.2 Å². The summed E-state index contributed by atoms with van der Waals surface area (Å²) in [7, 11) is 0. The molecular weight excluding hydrogens is 328 g/mol. The number of rotatable bonds is 3. The number of anilines is 1. The van der Waals surface area contributed by atoms with Crippen molar-refractivity contribution < 1.29 is 4.79 Å². The molecule has 0 spiro atoms. The van der Waals surface area contributed by atoms with Gasteiger partial charge in [0.05, 0.1) is 10.5 Å². The molecule has 3 rings (SSSR count). The maximum atomic E-state index is 12.0. The number of H-pyrrole nitrogens is 1. The first-order valence-corrected chi connectivity index (χ1v) is 7.50. The number of aromatic nitrogens is 4. The van der Waals surface area contributed by atoms with E-state index in [4.69, 9.17) is 17.3 Å². The first-order chi connectivity index (χ1) is 11.6. The molecule has 0 fully saturated rings. The van der Waals surface area contributed by atoms with Gasteiger partial charge in [0.1, 0.15) is 5.82 Å². The summed E-state index contributed by atoms with van der Waals surface area (Å²) in [6, 6.07) is 5.23. The lowest BCUT2D eigenvalue weighted by Gasteiger charge is -1.99. The van der Waals surface area contributed by atoms with Crippen LogP contribution < -0.4 is 11.1 Å². The first kappa shape index (κ1) is 15.8. The minimum absolute atomic E-state index is 0.228. The summed E-state index contributed by atoms with van der Waals surface area (Å²) < 4.78 is 0. The summed E-state index contributed by atoms with van der Waals surface area (Å²) in [5.41, 5.74) is 7.43.